The van der Waals surface area contributed by atoms with E-state index < -0.39 is 11.7 Å². The van der Waals surface area contributed by atoms with Gasteiger partial charge in [0, 0.05) is 44.0 Å². The number of ether oxygens (including phenoxy) is 2. The summed E-state index contributed by atoms with van der Waals surface area (Å²) in [5, 5.41) is 2.34. The lowest BCUT2D eigenvalue weighted by atomic mass is 10.1. The van der Waals surface area contributed by atoms with E-state index in [2.05, 4.69) is 4.98 Å². The van der Waals surface area contributed by atoms with Crippen LogP contribution >= 0.6 is 11.3 Å². The Morgan fingerprint density at radius 3 is 2.28 bits per heavy atom. The van der Waals surface area contributed by atoms with Gasteiger partial charge >= 0.3 is 6.18 Å². The molecule has 3 aromatic rings. The minimum absolute atomic E-state index is 0.00113. The number of carbonyl (C=O) groups excluding carboxylic acids is 2. The Hall–Kier alpha value is -3.60. The minimum Gasteiger partial charge on any atom is -0.493 e. The molecule has 2 amide bonds. The van der Waals surface area contributed by atoms with E-state index in [4.69, 9.17) is 9.47 Å². The minimum atomic E-state index is -4.39. The Balaban J connectivity index is 1.41. The summed E-state index contributed by atoms with van der Waals surface area (Å²) >= 11 is 1.33. The van der Waals surface area contributed by atoms with Gasteiger partial charge < -0.3 is 19.3 Å². The number of thiazole rings is 1. The van der Waals surface area contributed by atoms with Crippen LogP contribution < -0.4 is 9.47 Å². The highest BCUT2D eigenvalue weighted by Gasteiger charge is 2.30. The zero-order valence-electron chi connectivity index (χ0n) is 19.7. The summed E-state index contributed by atoms with van der Waals surface area (Å²) in [6.07, 6.45) is -4.39. The van der Waals surface area contributed by atoms with Crippen molar-refractivity contribution >= 4 is 23.2 Å². The highest BCUT2D eigenvalue weighted by atomic mass is 32.1. The number of benzene rings is 2. The van der Waals surface area contributed by atoms with Gasteiger partial charge in [0.05, 0.1) is 12.7 Å². The summed E-state index contributed by atoms with van der Waals surface area (Å²) in [7, 11) is 1.49. The van der Waals surface area contributed by atoms with Crippen molar-refractivity contribution in [2.75, 3.05) is 33.3 Å². The third kappa shape index (κ3) is 5.78. The van der Waals surface area contributed by atoms with E-state index in [9.17, 15) is 22.8 Å². The molecule has 0 spiro atoms. The first-order chi connectivity index (χ1) is 17.2. The number of amides is 2. The van der Waals surface area contributed by atoms with Crippen LogP contribution in [0.3, 0.4) is 0 Å². The Morgan fingerprint density at radius 2 is 1.67 bits per heavy atom. The lowest BCUT2D eigenvalue weighted by molar-refractivity contribution is -0.137. The number of methoxy groups -OCH3 is 1. The maximum absolute atomic E-state index is 12.9. The number of hydrogen-bond donors (Lipinski definition) is 0. The number of piperazine rings is 1. The summed E-state index contributed by atoms with van der Waals surface area (Å²) in [4.78, 5) is 32.2. The van der Waals surface area contributed by atoms with Gasteiger partial charge in [-0.1, -0.05) is 12.1 Å². The Morgan fingerprint density at radius 1 is 1.00 bits per heavy atom. The summed E-state index contributed by atoms with van der Waals surface area (Å²) in [6.45, 7) is 3.52. The van der Waals surface area contributed by atoms with E-state index in [1.165, 1.54) is 37.5 Å². The molecule has 0 aliphatic carbocycles. The second kappa shape index (κ2) is 10.6. The van der Waals surface area contributed by atoms with Crippen molar-refractivity contribution in [3.05, 3.63) is 64.7 Å². The predicted molar refractivity (Wildman–Crippen MR) is 128 cm³/mol. The number of alkyl halides is 3. The standard InChI is InChI=1S/C25H24F3N3O4S/c1-16(32)30-9-11-31(12-10-30)24(33)20-15-36-23(29-20)18-5-8-21(22(13-18)34-2)35-14-17-3-6-19(7-4-17)25(26,27)28/h3-8,13,15H,9-12,14H2,1-2H3. The lowest BCUT2D eigenvalue weighted by Gasteiger charge is -2.33. The smallest absolute Gasteiger partial charge is 0.416 e. The average Bonchev–Trinajstić information content (AvgIpc) is 3.37. The molecule has 36 heavy (non-hydrogen) atoms. The first-order valence-corrected chi connectivity index (χ1v) is 12.0. The van der Waals surface area contributed by atoms with E-state index in [1.807, 2.05) is 0 Å². The molecular formula is C25H24F3N3O4S. The molecule has 1 fully saturated rings. The van der Waals surface area contributed by atoms with Crippen molar-refractivity contribution in [2.45, 2.75) is 19.7 Å². The molecule has 0 atom stereocenters. The molecule has 1 aliphatic rings. The van der Waals surface area contributed by atoms with Gasteiger partial charge in [0.25, 0.3) is 5.91 Å². The molecule has 1 aromatic heterocycles. The quantitative estimate of drug-likeness (QED) is 0.471. The topological polar surface area (TPSA) is 72.0 Å². The summed E-state index contributed by atoms with van der Waals surface area (Å²) < 4.78 is 49.4. The Bertz CT molecular complexity index is 1240. The molecular weight excluding hydrogens is 495 g/mol. The zero-order valence-corrected chi connectivity index (χ0v) is 20.5. The van der Waals surface area contributed by atoms with Crippen molar-refractivity contribution in [2.24, 2.45) is 0 Å². The SMILES string of the molecule is COc1cc(-c2nc(C(=O)N3CCN(C(C)=O)CC3)cs2)ccc1OCc1ccc(C(F)(F)F)cc1. The lowest BCUT2D eigenvalue weighted by Crippen LogP contribution is -2.50. The molecule has 0 bridgehead atoms. The van der Waals surface area contributed by atoms with Gasteiger partial charge in [-0.05, 0) is 35.9 Å². The predicted octanol–water partition coefficient (Wildman–Crippen LogP) is 4.72. The number of hydrogen-bond acceptors (Lipinski definition) is 6. The van der Waals surface area contributed by atoms with Gasteiger partial charge in [-0.15, -0.1) is 11.3 Å². The third-order valence-electron chi connectivity index (χ3n) is 5.82. The molecule has 190 valence electrons. The fraction of sp³-hybridized carbons (Fsp3) is 0.320. The third-order valence-corrected chi connectivity index (χ3v) is 6.71. The van der Waals surface area contributed by atoms with Gasteiger partial charge in [-0.3, -0.25) is 9.59 Å². The summed E-state index contributed by atoms with van der Waals surface area (Å²) in [6, 6.07) is 9.99. The van der Waals surface area contributed by atoms with E-state index in [0.717, 1.165) is 17.7 Å². The van der Waals surface area contributed by atoms with Crippen LogP contribution in [0.15, 0.2) is 47.8 Å². The zero-order chi connectivity index (χ0) is 25.9. The first-order valence-electron chi connectivity index (χ1n) is 11.1. The van der Waals surface area contributed by atoms with Crippen molar-refractivity contribution in [1.82, 2.24) is 14.8 Å². The van der Waals surface area contributed by atoms with Crippen molar-refractivity contribution in [3.8, 4) is 22.1 Å². The fourth-order valence-electron chi connectivity index (χ4n) is 3.76. The molecule has 0 N–H and O–H groups in total. The van der Waals surface area contributed by atoms with Crippen LogP contribution in [-0.2, 0) is 17.6 Å². The van der Waals surface area contributed by atoms with Gasteiger partial charge in [-0.25, -0.2) is 4.98 Å². The van der Waals surface area contributed by atoms with Crippen LogP contribution in [0.25, 0.3) is 10.6 Å². The molecule has 7 nitrogen and oxygen atoms in total. The van der Waals surface area contributed by atoms with Gasteiger partial charge in [-0.2, -0.15) is 13.2 Å². The number of rotatable bonds is 6. The van der Waals surface area contributed by atoms with Gasteiger partial charge in [0.15, 0.2) is 11.5 Å². The number of carbonyl (C=O) groups is 2. The van der Waals surface area contributed by atoms with E-state index in [0.29, 0.717) is 53.9 Å². The van der Waals surface area contributed by atoms with Gasteiger partial charge in [0.2, 0.25) is 5.91 Å². The molecule has 1 aliphatic heterocycles. The molecule has 2 heterocycles. The molecule has 2 aromatic carbocycles. The second-order valence-electron chi connectivity index (χ2n) is 8.19. The van der Waals surface area contributed by atoms with E-state index in [-0.39, 0.29) is 18.4 Å². The first kappa shape index (κ1) is 25.5. The van der Waals surface area contributed by atoms with Crippen LogP contribution in [0.5, 0.6) is 11.5 Å². The Labute approximate surface area is 210 Å². The van der Waals surface area contributed by atoms with E-state index >= 15 is 0 Å². The van der Waals surface area contributed by atoms with E-state index in [1.54, 1.807) is 33.4 Å². The van der Waals surface area contributed by atoms with Crippen LogP contribution in [0.4, 0.5) is 13.2 Å². The maximum atomic E-state index is 12.9. The van der Waals surface area contributed by atoms with Crippen LogP contribution in [-0.4, -0.2) is 59.9 Å². The molecule has 0 radical (unpaired) electrons. The average molecular weight is 520 g/mol. The van der Waals surface area contributed by atoms with Crippen LogP contribution in [0.1, 0.15) is 28.5 Å². The number of halogens is 3. The number of nitrogens with zero attached hydrogens (tertiary/aromatic N) is 3. The largest absolute Gasteiger partial charge is 0.493 e. The normalized spacial score (nSPS) is 14.0. The van der Waals surface area contributed by atoms with Crippen molar-refractivity contribution in [3.63, 3.8) is 0 Å². The highest BCUT2D eigenvalue weighted by Crippen LogP contribution is 2.35. The number of aromatic nitrogens is 1. The van der Waals surface area contributed by atoms with Crippen LogP contribution in [0, 0.1) is 0 Å². The maximum Gasteiger partial charge on any atom is 0.416 e. The van der Waals surface area contributed by atoms with Crippen molar-refractivity contribution < 1.29 is 32.2 Å². The van der Waals surface area contributed by atoms with Crippen LogP contribution in [0.2, 0.25) is 0 Å². The molecule has 4 rings (SSSR count). The highest BCUT2D eigenvalue weighted by molar-refractivity contribution is 7.13. The summed E-state index contributed by atoms with van der Waals surface area (Å²) in [5.41, 5.74) is 0.946. The van der Waals surface area contributed by atoms with Gasteiger partial charge in [0.1, 0.15) is 17.3 Å². The fourth-order valence-corrected chi connectivity index (χ4v) is 4.55. The Kier molecular flexibility index (Phi) is 7.48. The molecule has 0 unspecified atom stereocenters. The second-order valence-corrected chi connectivity index (χ2v) is 9.04. The molecule has 0 saturated carbocycles. The molecule has 11 heteroatoms. The molecule has 1 saturated heterocycles. The monoisotopic (exact) mass is 519 g/mol. The van der Waals surface area contributed by atoms with Crippen molar-refractivity contribution in [1.29, 1.82) is 0 Å². The summed E-state index contributed by atoms with van der Waals surface area (Å²) in [5.74, 6) is 0.683.